The van der Waals surface area contributed by atoms with Crippen molar-refractivity contribution in [3.63, 3.8) is 0 Å². The molecule has 0 bridgehead atoms. The first kappa shape index (κ1) is 35.8. The number of pyridine rings is 1. The molecule has 0 unspecified atom stereocenters. The first-order valence-corrected chi connectivity index (χ1v) is 17.1. The van der Waals surface area contributed by atoms with Crippen LogP contribution in [0.25, 0.3) is 6.08 Å². The highest BCUT2D eigenvalue weighted by Crippen LogP contribution is 2.47. The van der Waals surface area contributed by atoms with Crippen molar-refractivity contribution >= 4 is 29.6 Å². The van der Waals surface area contributed by atoms with Crippen LogP contribution in [0.4, 0.5) is 23.7 Å². The number of nitrogens with zero attached hydrogens (tertiary/aromatic N) is 4. The number of rotatable bonds is 10. The molecule has 1 N–H and O–H groups in total. The van der Waals surface area contributed by atoms with Gasteiger partial charge in [0.15, 0.2) is 11.3 Å². The summed E-state index contributed by atoms with van der Waals surface area (Å²) < 4.78 is 41.0. The number of alkyl halides is 3. The average Bonchev–Trinajstić information content (AvgIpc) is 3.40. The van der Waals surface area contributed by atoms with Crippen molar-refractivity contribution in [1.29, 1.82) is 5.26 Å². The van der Waals surface area contributed by atoms with Crippen LogP contribution in [0.1, 0.15) is 58.3 Å². The van der Waals surface area contributed by atoms with Gasteiger partial charge in [0, 0.05) is 12.6 Å². The minimum atomic E-state index is -4.91. The van der Waals surface area contributed by atoms with Gasteiger partial charge in [-0.2, -0.15) is 18.4 Å². The van der Waals surface area contributed by atoms with Crippen LogP contribution in [0.15, 0.2) is 134 Å². The van der Waals surface area contributed by atoms with Crippen molar-refractivity contribution in [2.75, 3.05) is 4.90 Å². The van der Waals surface area contributed by atoms with E-state index < -0.39 is 46.4 Å². The summed E-state index contributed by atoms with van der Waals surface area (Å²) >= 11 is 0. The maximum Gasteiger partial charge on any atom is 0.419 e. The van der Waals surface area contributed by atoms with Crippen molar-refractivity contribution in [3.05, 3.63) is 173 Å². The second-order valence-electron chi connectivity index (χ2n) is 13.0. The Morgan fingerprint density at radius 2 is 1.43 bits per heavy atom. The number of anilines is 1. The summed E-state index contributed by atoms with van der Waals surface area (Å²) in [6.07, 6.45) is 0.367. The van der Waals surface area contributed by atoms with Crippen LogP contribution in [-0.2, 0) is 32.7 Å². The maximum absolute atomic E-state index is 13.7. The van der Waals surface area contributed by atoms with E-state index in [1.54, 1.807) is 30.3 Å². The molecule has 0 atom stereocenters. The van der Waals surface area contributed by atoms with E-state index in [2.05, 4.69) is 10.5 Å². The Hall–Kier alpha value is -6.58. The molecule has 1 saturated heterocycles. The van der Waals surface area contributed by atoms with Crippen LogP contribution >= 0.6 is 0 Å². The molecule has 9 nitrogen and oxygen atoms in total. The molecule has 4 amide bonds. The SMILES string of the molecule is N#Cc1ncc(N2C(=O)N(Cc3ccc(/C=C/C(=O)NOC(c4ccccc4)(c4ccccc4)c4ccccc4)cc3)C3(CCC3)C2=O)cc1C(F)(F)F. The number of urea groups is 1. The number of amides is 4. The second-order valence-corrected chi connectivity index (χ2v) is 13.0. The number of nitriles is 1. The Morgan fingerprint density at radius 1 is 0.870 bits per heavy atom. The summed E-state index contributed by atoms with van der Waals surface area (Å²) in [5, 5.41) is 9.13. The third kappa shape index (κ3) is 6.50. The standard InChI is InChI=1S/C42H32F3N5O4/c43-42(44,45)35-25-34(27-47-36(35)26-46)50-38(52)40(23-10-24-40)49(39(50)53)28-30-19-17-29(18-20-30)21-22-37(51)48-54-41(31-11-4-1-5-12-31,32-13-6-2-7-14-32)33-15-8-3-9-16-33/h1-9,11-22,25,27H,10,23-24,28H2,(H,48,51)/b22-21+. The highest BCUT2D eigenvalue weighted by molar-refractivity contribution is 6.23. The summed E-state index contributed by atoms with van der Waals surface area (Å²) in [5.74, 6) is -1.13. The number of hydrogen-bond acceptors (Lipinski definition) is 6. The molecule has 12 heteroatoms. The van der Waals surface area contributed by atoms with Crippen LogP contribution in [0, 0.1) is 11.3 Å². The van der Waals surface area contributed by atoms with Gasteiger partial charge >= 0.3 is 12.2 Å². The fourth-order valence-corrected chi connectivity index (χ4v) is 6.98. The number of nitrogens with one attached hydrogen (secondary N) is 1. The molecule has 5 aromatic rings. The molecule has 4 aromatic carbocycles. The van der Waals surface area contributed by atoms with Gasteiger partial charge in [0.2, 0.25) is 0 Å². The first-order valence-electron chi connectivity index (χ1n) is 17.1. The maximum atomic E-state index is 13.7. The Bertz CT molecular complexity index is 2160. The summed E-state index contributed by atoms with van der Waals surface area (Å²) in [7, 11) is 0. The number of hydrogen-bond donors (Lipinski definition) is 1. The zero-order chi connectivity index (χ0) is 37.9. The van der Waals surface area contributed by atoms with Crippen LogP contribution in [0.5, 0.6) is 0 Å². The Kier molecular flexibility index (Phi) is 9.58. The monoisotopic (exact) mass is 727 g/mol. The molecule has 270 valence electrons. The van der Waals surface area contributed by atoms with Crippen LogP contribution in [0.3, 0.4) is 0 Å². The molecule has 2 heterocycles. The number of imide groups is 1. The van der Waals surface area contributed by atoms with Gasteiger partial charge in [-0.05, 0) is 59.2 Å². The molecular weight excluding hydrogens is 695 g/mol. The van der Waals surface area contributed by atoms with Crippen molar-refractivity contribution in [3.8, 4) is 6.07 Å². The highest BCUT2D eigenvalue weighted by Gasteiger charge is 2.60. The lowest BCUT2D eigenvalue weighted by molar-refractivity contribution is -0.138. The molecule has 1 aliphatic heterocycles. The molecule has 0 radical (unpaired) electrons. The van der Waals surface area contributed by atoms with E-state index in [1.807, 2.05) is 91.0 Å². The molecule has 7 rings (SSSR count). The van der Waals surface area contributed by atoms with E-state index in [0.29, 0.717) is 36.5 Å². The van der Waals surface area contributed by atoms with Gasteiger partial charge in [0.05, 0.1) is 17.4 Å². The average molecular weight is 728 g/mol. The van der Waals surface area contributed by atoms with E-state index in [-0.39, 0.29) is 12.2 Å². The van der Waals surface area contributed by atoms with Crippen molar-refractivity contribution < 1.29 is 32.4 Å². The third-order valence-corrected chi connectivity index (χ3v) is 9.86. The zero-order valence-electron chi connectivity index (χ0n) is 28.7. The lowest BCUT2D eigenvalue weighted by Crippen LogP contribution is -2.54. The number of carbonyl (C=O) groups is 3. The van der Waals surface area contributed by atoms with Gasteiger partial charge in [-0.25, -0.2) is 20.2 Å². The van der Waals surface area contributed by atoms with E-state index >= 15 is 0 Å². The summed E-state index contributed by atoms with van der Waals surface area (Å²) in [6.45, 7) is 0.0236. The van der Waals surface area contributed by atoms with Gasteiger partial charge in [-0.3, -0.25) is 14.4 Å². The van der Waals surface area contributed by atoms with Gasteiger partial charge in [-0.15, -0.1) is 0 Å². The predicted molar refractivity (Wildman–Crippen MR) is 193 cm³/mol. The van der Waals surface area contributed by atoms with Crippen molar-refractivity contribution in [2.24, 2.45) is 0 Å². The number of halogens is 3. The van der Waals surface area contributed by atoms with Gasteiger partial charge in [0.1, 0.15) is 11.6 Å². The van der Waals surface area contributed by atoms with E-state index in [1.165, 1.54) is 17.0 Å². The first-order chi connectivity index (χ1) is 26.1. The molecule has 54 heavy (non-hydrogen) atoms. The van der Waals surface area contributed by atoms with Crippen LogP contribution < -0.4 is 10.4 Å². The predicted octanol–water partition coefficient (Wildman–Crippen LogP) is 7.92. The number of aromatic nitrogens is 1. The topological polar surface area (TPSA) is 116 Å². The normalized spacial score (nSPS) is 15.4. The van der Waals surface area contributed by atoms with E-state index in [9.17, 15) is 27.6 Å². The number of benzene rings is 4. The largest absolute Gasteiger partial charge is 0.419 e. The molecule has 1 aliphatic carbocycles. The quantitative estimate of drug-likeness (QED) is 0.0677. The van der Waals surface area contributed by atoms with Gasteiger partial charge < -0.3 is 4.90 Å². The molecule has 1 aromatic heterocycles. The van der Waals surface area contributed by atoms with Crippen LogP contribution in [-0.4, -0.2) is 33.3 Å². The third-order valence-electron chi connectivity index (χ3n) is 9.86. The van der Waals surface area contributed by atoms with Gasteiger partial charge in [-0.1, -0.05) is 115 Å². The summed E-state index contributed by atoms with van der Waals surface area (Å²) in [6, 6.07) is 37.0. The minimum Gasteiger partial charge on any atom is -0.305 e. The molecule has 2 fully saturated rings. The lowest BCUT2D eigenvalue weighted by atomic mass is 9.75. The molecular formula is C42H32F3N5O4. The minimum absolute atomic E-state index is 0.0236. The van der Waals surface area contributed by atoms with Crippen LogP contribution in [0.2, 0.25) is 0 Å². The molecule has 1 spiro atoms. The fourth-order valence-electron chi connectivity index (χ4n) is 6.98. The highest BCUT2D eigenvalue weighted by atomic mass is 19.4. The molecule has 1 saturated carbocycles. The summed E-state index contributed by atoms with van der Waals surface area (Å²) in [5.41, 5.74) is 1.54. The summed E-state index contributed by atoms with van der Waals surface area (Å²) in [4.78, 5) is 52.6. The Labute approximate surface area is 308 Å². The Balaban J connectivity index is 1.07. The number of carbonyl (C=O) groups excluding carboxylic acids is 3. The van der Waals surface area contributed by atoms with Crippen molar-refractivity contribution in [1.82, 2.24) is 15.4 Å². The van der Waals surface area contributed by atoms with E-state index in [0.717, 1.165) is 27.8 Å². The van der Waals surface area contributed by atoms with E-state index in [4.69, 9.17) is 10.1 Å². The fraction of sp³-hybridized carbons (Fsp3) is 0.167. The lowest BCUT2D eigenvalue weighted by Gasteiger charge is -2.42. The van der Waals surface area contributed by atoms with Crippen molar-refractivity contribution in [2.45, 2.75) is 43.1 Å². The number of hydroxylamine groups is 1. The Morgan fingerprint density at radius 3 is 1.91 bits per heavy atom. The molecule has 2 aliphatic rings. The zero-order valence-corrected chi connectivity index (χ0v) is 28.7. The smallest absolute Gasteiger partial charge is 0.305 e. The van der Waals surface area contributed by atoms with Gasteiger partial charge in [0.25, 0.3) is 11.8 Å². The second kappa shape index (κ2) is 14.4.